The van der Waals surface area contributed by atoms with E-state index in [1.807, 2.05) is 0 Å². The molecule has 0 aromatic rings. The van der Waals surface area contributed by atoms with Crippen molar-refractivity contribution >= 4 is 0 Å². The molecular weight excluding hydrogens is 784 g/mol. The fourth-order valence-corrected chi connectivity index (χ4v) is 14.3. The van der Waals surface area contributed by atoms with E-state index >= 15 is 0 Å². The normalized spacial score (nSPS) is 59.2. The van der Waals surface area contributed by atoms with Crippen LogP contribution in [0, 0.1) is 52.3 Å². The largest absolute Gasteiger partial charge is 0.394 e. The van der Waals surface area contributed by atoms with Crippen molar-refractivity contribution in [2.24, 2.45) is 52.3 Å². The van der Waals surface area contributed by atoms with Gasteiger partial charge < -0.3 is 78.7 Å². The Bertz CT molecular complexity index is 1500. The van der Waals surface area contributed by atoms with Crippen molar-refractivity contribution in [2.75, 3.05) is 19.8 Å². The van der Waals surface area contributed by atoms with Gasteiger partial charge in [-0.1, -0.05) is 27.7 Å². The lowest BCUT2D eigenvalue weighted by Gasteiger charge is -2.61. The summed E-state index contributed by atoms with van der Waals surface area (Å²) in [6.07, 6.45) is -9.85. The number of fused-ring (bicyclic) bond motifs is 7. The predicted octanol–water partition coefficient (Wildman–Crippen LogP) is 0.933. The summed E-state index contributed by atoms with van der Waals surface area (Å²) in [5.41, 5.74) is 0.356. The van der Waals surface area contributed by atoms with Crippen molar-refractivity contribution in [1.29, 1.82) is 0 Å². The van der Waals surface area contributed by atoms with Crippen LogP contribution in [0.3, 0.4) is 0 Å². The van der Waals surface area contributed by atoms with Crippen molar-refractivity contribution < 1.29 is 78.7 Å². The van der Waals surface area contributed by atoms with Crippen molar-refractivity contribution in [1.82, 2.24) is 0 Å². The van der Waals surface area contributed by atoms with Gasteiger partial charge in [0.15, 0.2) is 24.7 Å². The minimum Gasteiger partial charge on any atom is -0.394 e. The smallest absolute Gasteiger partial charge is 0.187 e. The molecule has 0 aromatic carbocycles. The maximum absolute atomic E-state index is 11.9. The third-order valence-electron chi connectivity index (χ3n) is 17.9. The molecule has 0 radical (unpaired) electrons. The van der Waals surface area contributed by atoms with Crippen LogP contribution in [0.5, 0.6) is 0 Å². The summed E-state index contributed by atoms with van der Waals surface area (Å²) in [6, 6.07) is 0. The van der Waals surface area contributed by atoms with E-state index in [2.05, 4.69) is 27.7 Å². The predicted molar refractivity (Wildman–Crippen MR) is 208 cm³/mol. The zero-order valence-electron chi connectivity index (χ0n) is 35.8. The van der Waals surface area contributed by atoms with Gasteiger partial charge in [0.1, 0.15) is 61.0 Å². The van der Waals surface area contributed by atoms with Crippen LogP contribution in [-0.2, 0) is 37.9 Å². The topological polar surface area (TPSA) is 236 Å². The molecule has 4 aliphatic carbocycles. The SMILES string of the molecule is C[C@H]1CC[C@@]2(OC1)O[C@H]1C[C@H]3[C@@H]4CC[C@@H]5C[C@@H](O[C@@H]6O[C@H](CO)[C@@H](O[C@@H]7O[C@@H](C)[C@H](O)[C@@H](O)[C@H]7O)[C@H](O)[C@H]6O[C@@H]6OC[C@@H](O)[C@H](O)[C@H]6O)CC[C@]5(C)[C@H]4CC[C@]3(C)[C@H]1[C@@H]2C. The van der Waals surface area contributed by atoms with Crippen LogP contribution in [0.1, 0.15) is 98.8 Å². The highest BCUT2D eigenvalue weighted by molar-refractivity contribution is 5.15. The van der Waals surface area contributed by atoms with Crippen LogP contribution < -0.4 is 0 Å². The fourth-order valence-electron chi connectivity index (χ4n) is 14.3. The quantitative estimate of drug-likeness (QED) is 0.166. The maximum Gasteiger partial charge on any atom is 0.187 e. The van der Waals surface area contributed by atoms with E-state index in [9.17, 15) is 40.9 Å². The van der Waals surface area contributed by atoms with E-state index in [4.69, 9.17) is 37.9 Å². The molecule has 0 amide bonds. The van der Waals surface area contributed by atoms with Crippen LogP contribution in [0.2, 0.25) is 0 Å². The third kappa shape index (κ3) is 7.27. The van der Waals surface area contributed by atoms with E-state index < -0.39 is 98.4 Å². The molecule has 0 unspecified atom stereocenters. The summed E-state index contributed by atoms with van der Waals surface area (Å²) in [4.78, 5) is 0. The van der Waals surface area contributed by atoms with Gasteiger partial charge in [0.2, 0.25) is 0 Å². The van der Waals surface area contributed by atoms with Gasteiger partial charge >= 0.3 is 0 Å². The summed E-state index contributed by atoms with van der Waals surface area (Å²) < 4.78 is 49.9. The van der Waals surface area contributed by atoms with Crippen LogP contribution >= 0.6 is 0 Å². The second kappa shape index (κ2) is 16.7. The van der Waals surface area contributed by atoms with Gasteiger partial charge in [0.25, 0.3) is 0 Å². The van der Waals surface area contributed by atoms with Crippen LogP contribution in [-0.4, -0.2) is 165 Å². The standard InChI is InChI=1S/C44H72O16/c1-19-8-13-44(54-17-19)20(2)30-28(60-44)15-26-24-7-6-22-14-23(9-11-42(22,4)25(24)10-12-43(26,30)5)56-41-38(59-39-34(50)32(48)27(46)18-53-39)36(52)37(29(16-45)57-41)58-40-35(51)33(49)31(47)21(3)55-40/h19-41,45-52H,6-18H2,1-5H3/t19-,20-,21-,22+,23-,24+,25-,26-,27+,28-,29+,30-,31-,32-,33+,34+,35+,36-,37+,38+,39-,40-,41+,42-,43-,44+/m0/s1. The molecule has 5 heterocycles. The minimum atomic E-state index is -1.70. The Morgan fingerprint density at radius 1 is 0.633 bits per heavy atom. The number of aliphatic hydroxyl groups is 8. The Labute approximate surface area is 353 Å². The zero-order valence-corrected chi connectivity index (χ0v) is 35.8. The second-order valence-electron chi connectivity index (χ2n) is 21.1. The summed E-state index contributed by atoms with van der Waals surface area (Å²) >= 11 is 0. The number of hydrogen-bond acceptors (Lipinski definition) is 16. The van der Waals surface area contributed by atoms with Gasteiger partial charge in [-0.15, -0.1) is 0 Å². The molecule has 16 heteroatoms. The first-order valence-electron chi connectivity index (χ1n) is 23.1. The highest BCUT2D eigenvalue weighted by atomic mass is 16.8. The van der Waals surface area contributed by atoms with E-state index in [-0.39, 0.29) is 29.6 Å². The first-order valence-corrected chi connectivity index (χ1v) is 23.1. The van der Waals surface area contributed by atoms with Crippen molar-refractivity contribution in [3.05, 3.63) is 0 Å². The maximum atomic E-state index is 11.9. The molecule has 16 nitrogen and oxygen atoms in total. The Hall–Kier alpha value is -0.640. The lowest BCUT2D eigenvalue weighted by molar-refractivity contribution is -0.385. The van der Waals surface area contributed by atoms with E-state index in [0.29, 0.717) is 41.4 Å². The molecule has 5 aliphatic heterocycles. The second-order valence-corrected chi connectivity index (χ2v) is 21.1. The summed E-state index contributed by atoms with van der Waals surface area (Å²) in [5, 5.41) is 85.2. The van der Waals surface area contributed by atoms with Crippen LogP contribution in [0.15, 0.2) is 0 Å². The molecule has 60 heavy (non-hydrogen) atoms. The number of ether oxygens (including phenoxy) is 8. The Balaban J connectivity index is 0.891. The number of aliphatic hydroxyl groups excluding tert-OH is 8. The number of rotatable bonds is 7. The Morgan fingerprint density at radius 2 is 1.37 bits per heavy atom. The summed E-state index contributed by atoms with van der Waals surface area (Å²) in [7, 11) is 0. The average Bonchev–Trinajstić information content (AvgIpc) is 3.68. The third-order valence-corrected chi connectivity index (χ3v) is 17.9. The van der Waals surface area contributed by atoms with Gasteiger partial charge in [-0.05, 0) is 111 Å². The van der Waals surface area contributed by atoms with Crippen LogP contribution in [0.25, 0.3) is 0 Å². The monoisotopic (exact) mass is 856 g/mol. The molecular formula is C44H72O16. The fraction of sp³-hybridized carbons (Fsp3) is 1.00. The van der Waals surface area contributed by atoms with Gasteiger partial charge in [-0.2, -0.15) is 0 Å². The molecule has 5 saturated heterocycles. The van der Waals surface area contributed by atoms with E-state index in [0.717, 1.165) is 58.0 Å². The highest BCUT2D eigenvalue weighted by Gasteiger charge is 2.69. The summed E-state index contributed by atoms with van der Waals surface area (Å²) in [6.45, 7) is 11.0. The first-order chi connectivity index (χ1) is 28.5. The number of hydrogen-bond donors (Lipinski definition) is 8. The minimum absolute atomic E-state index is 0.126. The zero-order chi connectivity index (χ0) is 42.6. The summed E-state index contributed by atoms with van der Waals surface area (Å²) in [5.74, 6) is 3.29. The molecule has 9 aliphatic rings. The lowest BCUT2D eigenvalue weighted by atomic mass is 9.44. The van der Waals surface area contributed by atoms with Crippen molar-refractivity contribution in [3.8, 4) is 0 Å². The molecule has 8 N–H and O–H groups in total. The Morgan fingerprint density at radius 3 is 2.10 bits per heavy atom. The molecule has 9 rings (SSSR count). The van der Waals surface area contributed by atoms with Gasteiger partial charge in [0, 0.05) is 12.3 Å². The molecule has 0 aromatic heterocycles. The van der Waals surface area contributed by atoms with Gasteiger partial charge in [0.05, 0.1) is 38.1 Å². The first kappa shape index (κ1) is 44.6. The van der Waals surface area contributed by atoms with Crippen molar-refractivity contribution in [2.45, 2.75) is 203 Å². The van der Waals surface area contributed by atoms with Gasteiger partial charge in [-0.25, -0.2) is 0 Å². The molecule has 344 valence electrons. The van der Waals surface area contributed by atoms with Crippen LogP contribution in [0.4, 0.5) is 0 Å². The van der Waals surface area contributed by atoms with E-state index in [1.54, 1.807) is 0 Å². The molecule has 1 spiro atoms. The molecule has 4 saturated carbocycles. The molecule has 9 fully saturated rings. The average molecular weight is 857 g/mol. The van der Waals surface area contributed by atoms with E-state index in [1.165, 1.54) is 19.8 Å². The van der Waals surface area contributed by atoms with Gasteiger partial charge in [-0.3, -0.25) is 0 Å². The van der Waals surface area contributed by atoms with Crippen molar-refractivity contribution in [3.63, 3.8) is 0 Å². The molecule has 26 atom stereocenters. The Kier molecular flexibility index (Phi) is 12.4. The molecule has 0 bridgehead atoms. The highest BCUT2D eigenvalue weighted by Crippen LogP contribution is 2.71. The lowest BCUT2D eigenvalue weighted by Crippen LogP contribution is -2.66.